The Morgan fingerprint density at radius 3 is 2.29 bits per heavy atom. The molecule has 0 aliphatic heterocycles. The number of nitrogens with zero attached hydrogens (tertiary/aromatic N) is 1. The number of benzene rings is 1. The number of amides is 2. The lowest BCUT2D eigenvalue weighted by Crippen LogP contribution is -2.42. The van der Waals surface area contributed by atoms with E-state index in [-0.39, 0.29) is 18.4 Å². The molecule has 8 heteroatoms. The summed E-state index contributed by atoms with van der Waals surface area (Å²) in [4.78, 5) is 30.4. The van der Waals surface area contributed by atoms with Gasteiger partial charge in [0, 0.05) is 10.4 Å². The number of rotatable bonds is 6. The molecule has 0 saturated carbocycles. The van der Waals surface area contributed by atoms with Gasteiger partial charge in [0.25, 0.3) is 5.91 Å². The second kappa shape index (κ2) is 12.4. The van der Waals surface area contributed by atoms with Crippen LogP contribution in [0.15, 0.2) is 24.3 Å². The second-order valence-electron chi connectivity index (χ2n) is 7.80. The Hall–Kier alpha value is -2.45. The summed E-state index contributed by atoms with van der Waals surface area (Å²) < 4.78 is 5.08. The zero-order valence-electron chi connectivity index (χ0n) is 18.2. The third-order valence-corrected chi connectivity index (χ3v) is 6.47. The van der Waals surface area contributed by atoms with E-state index in [1.807, 2.05) is 0 Å². The van der Waals surface area contributed by atoms with Gasteiger partial charge in [-0.1, -0.05) is 38.5 Å². The molecule has 1 aliphatic rings. The highest BCUT2D eigenvalue weighted by atomic mass is 32.1. The molecule has 1 heterocycles. The first-order chi connectivity index (χ1) is 15.2. The van der Waals surface area contributed by atoms with Gasteiger partial charge in [0.05, 0.1) is 19.3 Å². The van der Waals surface area contributed by atoms with Gasteiger partial charge in [-0.25, -0.2) is 10.4 Å². The largest absolute Gasteiger partial charge is 0.497 e. The van der Waals surface area contributed by atoms with Crippen LogP contribution in [0.4, 0.5) is 5.13 Å². The van der Waals surface area contributed by atoms with Gasteiger partial charge in [0.1, 0.15) is 5.75 Å². The quantitative estimate of drug-likeness (QED) is 0.580. The molecular weight excluding hydrogens is 412 g/mol. The van der Waals surface area contributed by atoms with Crippen molar-refractivity contribution in [1.82, 2.24) is 15.8 Å². The van der Waals surface area contributed by atoms with Crippen LogP contribution < -0.4 is 20.9 Å². The lowest BCUT2D eigenvalue weighted by molar-refractivity contribution is -0.115. The van der Waals surface area contributed by atoms with E-state index in [2.05, 4.69) is 21.2 Å². The molecule has 31 heavy (non-hydrogen) atoms. The van der Waals surface area contributed by atoms with Crippen LogP contribution in [0.1, 0.15) is 72.3 Å². The van der Waals surface area contributed by atoms with E-state index in [0.717, 1.165) is 25.0 Å². The van der Waals surface area contributed by atoms with Gasteiger partial charge in [-0.15, -0.1) is 11.3 Å². The number of aromatic nitrogens is 1. The van der Waals surface area contributed by atoms with Crippen molar-refractivity contribution in [3.8, 4) is 5.75 Å². The standard InChI is InChI=1S/C23H32N4O3S/c1-30-18-14-12-17(13-15-18)22(29)27-24-16-21(28)26-23-25-19-10-8-6-4-2-3-5-7-9-11-20(19)31-23/h12-15,24H,2-11,16H2,1H3,(H,27,29)(H,25,26,28). The Bertz CT molecular complexity index is 822. The maximum atomic E-state index is 12.3. The van der Waals surface area contributed by atoms with Crippen LogP contribution in [-0.2, 0) is 17.6 Å². The SMILES string of the molecule is COc1ccc(C(=O)NNCC(=O)Nc2nc3c(s2)CCCCCCCCCC3)cc1. The molecule has 0 atom stereocenters. The van der Waals surface area contributed by atoms with E-state index in [1.165, 1.54) is 49.8 Å². The molecule has 2 amide bonds. The molecule has 1 aromatic heterocycles. The number of nitrogens with one attached hydrogen (secondary N) is 3. The summed E-state index contributed by atoms with van der Waals surface area (Å²) in [5, 5.41) is 3.51. The van der Waals surface area contributed by atoms with E-state index in [9.17, 15) is 9.59 Å². The zero-order chi connectivity index (χ0) is 21.9. The first kappa shape index (κ1) is 23.2. The first-order valence-electron chi connectivity index (χ1n) is 11.1. The summed E-state index contributed by atoms with van der Waals surface area (Å²) in [5.74, 6) is 0.130. The van der Waals surface area contributed by atoms with Crippen LogP contribution in [0, 0.1) is 0 Å². The van der Waals surface area contributed by atoms with Crippen molar-refractivity contribution in [3.63, 3.8) is 0 Å². The summed E-state index contributed by atoms with van der Waals surface area (Å²) in [7, 11) is 1.57. The molecule has 1 aliphatic carbocycles. The number of anilines is 1. The molecule has 168 valence electrons. The van der Waals surface area contributed by atoms with Crippen LogP contribution in [0.5, 0.6) is 5.75 Å². The van der Waals surface area contributed by atoms with Gasteiger partial charge in [0.2, 0.25) is 5.91 Å². The van der Waals surface area contributed by atoms with Crippen LogP contribution >= 0.6 is 11.3 Å². The first-order valence-corrected chi connectivity index (χ1v) is 11.9. The van der Waals surface area contributed by atoms with Crippen molar-refractivity contribution in [1.29, 1.82) is 0 Å². The molecule has 0 spiro atoms. The van der Waals surface area contributed by atoms with Gasteiger partial charge in [0.15, 0.2) is 5.13 Å². The van der Waals surface area contributed by atoms with Crippen LogP contribution in [0.25, 0.3) is 0 Å². The smallest absolute Gasteiger partial charge is 0.265 e. The summed E-state index contributed by atoms with van der Waals surface area (Å²) in [5.41, 5.74) is 6.83. The maximum absolute atomic E-state index is 12.3. The predicted molar refractivity (Wildman–Crippen MR) is 124 cm³/mol. The highest BCUT2D eigenvalue weighted by Crippen LogP contribution is 2.27. The molecule has 3 rings (SSSR count). The summed E-state index contributed by atoms with van der Waals surface area (Å²) in [6.07, 6.45) is 12.2. The Morgan fingerprint density at radius 2 is 1.61 bits per heavy atom. The van der Waals surface area contributed by atoms with Crippen LogP contribution in [0.3, 0.4) is 0 Å². The van der Waals surface area contributed by atoms with Gasteiger partial charge in [-0.05, 0) is 49.9 Å². The number of thiazole rings is 1. The predicted octanol–water partition coefficient (Wildman–Crippen LogP) is 4.24. The van der Waals surface area contributed by atoms with Gasteiger partial charge < -0.3 is 10.1 Å². The molecule has 0 bridgehead atoms. The molecule has 0 fully saturated rings. The molecule has 2 aromatic rings. The summed E-state index contributed by atoms with van der Waals surface area (Å²) >= 11 is 1.58. The monoisotopic (exact) mass is 444 g/mol. The second-order valence-corrected chi connectivity index (χ2v) is 8.89. The average molecular weight is 445 g/mol. The summed E-state index contributed by atoms with van der Waals surface area (Å²) in [6, 6.07) is 6.75. The lowest BCUT2D eigenvalue weighted by Gasteiger charge is -2.07. The van der Waals surface area contributed by atoms with Crippen molar-refractivity contribution < 1.29 is 14.3 Å². The average Bonchev–Trinajstić information content (AvgIpc) is 3.14. The highest BCUT2D eigenvalue weighted by Gasteiger charge is 2.14. The number of fused-ring (bicyclic) bond motifs is 1. The molecule has 1 aromatic carbocycles. The Morgan fingerprint density at radius 1 is 0.968 bits per heavy atom. The fourth-order valence-corrected chi connectivity index (χ4v) is 4.71. The van der Waals surface area contributed by atoms with E-state index < -0.39 is 0 Å². The molecule has 7 nitrogen and oxygen atoms in total. The van der Waals surface area contributed by atoms with Gasteiger partial charge in [-0.2, -0.15) is 0 Å². The van der Waals surface area contributed by atoms with E-state index in [0.29, 0.717) is 16.4 Å². The van der Waals surface area contributed by atoms with Crippen molar-refractivity contribution >= 4 is 28.3 Å². The highest BCUT2D eigenvalue weighted by molar-refractivity contribution is 7.15. The topological polar surface area (TPSA) is 92.4 Å². The van der Waals surface area contributed by atoms with Crippen LogP contribution in [0.2, 0.25) is 0 Å². The minimum atomic E-state index is -0.313. The molecule has 0 saturated heterocycles. The third-order valence-electron chi connectivity index (χ3n) is 5.40. The normalized spacial score (nSPS) is 15.1. The van der Waals surface area contributed by atoms with Gasteiger partial charge >= 0.3 is 0 Å². The Labute approximate surface area is 188 Å². The molecule has 3 N–H and O–H groups in total. The van der Waals surface area contributed by atoms with E-state index in [1.54, 1.807) is 42.7 Å². The van der Waals surface area contributed by atoms with Crippen molar-refractivity contribution in [3.05, 3.63) is 40.4 Å². The number of hydrogen-bond donors (Lipinski definition) is 3. The number of methoxy groups -OCH3 is 1. The number of carbonyl (C=O) groups is 2. The van der Waals surface area contributed by atoms with Crippen LogP contribution in [-0.4, -0.2) is 30.5 Å². The Kier molecular flexibility index (Phi) is 9.30. The van der Waals surface area contributed by atoms with Gasteiger partial charge in [-0.3, -0.25) is 15.0 Å². The third kappa shape index (κ3) is 7.63. The molecule has 0 unspecified atom stereocenters. The fourth-order valence-electron chi connectivity index (χ4n) is 3.65. The lowest BCUT2D eigenvalue weighted by atomic mass is 10.0. The number of hydrogen-bond acceptors (Lipinski definition) is 6. The number of carbonyl (C=O) groups excluding carboxylic acids is 2. The summed E-state index contributed by atoms with van der Waals surface area (Å²) in [6.45, 7) is -0.0356. The zero-order valence-corrected chi connectivity index (χ0v) is 19.0. The van der Waals surface area contributed by atoms with E-state index >= 15 is 0 Å². The maximum Gasteiger partial charge on any atom is 0.265 e. The van der Waals surface area contributed by atoms with Crippen molar-refractivity contribution in [2.24, 2.45) is 0 Å². The number of hydrazine groups is 1. The minimum Gasteiger partial charge on any atom is -0.497 e. The fraction of sp³-hybridized carbons (Fsp3) is 0.522. The van der Waals surface area contributed by atoms with E-state index in [4.69, 9.17) is 4.74 Å². The minimum absolute atomic E-state index is 0.0356. The molecular formula is C23H32N4O3S. The van der Waals surface area contributed by atoms with Crippen molar-refractivity contribution in [2.75, 3.05) is 19.0 Å². The van der Waals surface area contributed by atoms with Crippen molar-refractivity contribution in [2.45, 2.75) is 64.2 Å². The molecule has 0 radical (unpaired) electrons. The Balaban J connectivity index is 1.47. The number of ether oxygens (including phenoxy) is 1. The number of aryl methyl sites for hydroxylation is 2.